The summed E-state index contributed by atoms with van der Waals surface area (Å²) in [6.45, 7) is 4.41. The molecule has 0 aliphatic carbocycles. The molecule has 32 heavy (non-hydrogen) atoms. The fourth-order valence-electron chi connectivity index (χ4n) is 3.04. The molecule has 5 nitrogen and oxygen atoms in total. The number of carbonyl (C=O) groups excluding carboxylic acids is 1. The number of methoxy groups -OCH3 is 1. The zero-order valence-electron chi connectivity index (χ0n) is 18.1. The Labute approximate surface area is 206 Å². The molecule has 0 radical (unpaired) electrons. The summed E-state index contributed by atoms with van der Waals surface area (Å²) in [6, 6.07) is 17.3. The summed E-state index contributed by atoms with van der Waals surface area (Å²) >= 11 is 8.40. The molecule has 166 valence electrons. The lowest BCUT2D eigenvalue weighted by molar-refractivity contribution is -0.120. The van der Waals surface area contributed by atoms with E-state index in [2.05, 4.69) is 33.1 Å². The fourth-order valence-corrected chi connectivity index (χ4v) is 4.01. The summed E-state index contributed by atoms with van der Waals surface area (Å²) in [5.74, 6) is 1.03. The van der Waals surface area contributed by atoms with Crippen LogP contribution in [0.15, 0.2) is 59.7 Å². The van der Waals surface area contributed by atoms with E-state index in [0.717, 1.165) is 25.8 Å². The van der Waals surface area contributed by atoms with E-state index >= 15 is 0 Å². The molecule has 0 aliphatic heterocycles. The van der Waals surface area contributed by atoms with E-state index in [0.29, 0.717) is 23.1 Å². The second-order valence-electron chi connectivity index (χ2n) is 7.30. The maximum atomic E-state index is 12.2. The Morgan fingerprint density at radius 1 is 1.12 bits per heavy atom. The first-order valence-electron chi connectivity index (χ1n) is 9.99. The van der Waals surface area contributed by atoms with Crippen molar-refractivity contribution in [3.05, 3.63) is 91.0 Å². The number of rotatable bonds is 8. The van der Waals surface area contributed by atoms with Gasteiger partial charge in [-0.2, -0.15) is 5.10 Å². The van der Waals surface area contributed by atoms with E-state index in [1.165, 1.54) is 5.56 Å². The number of hydrogen-bond donors (Lipinski definition) is 1. The van der Waals surface area contributed by atoms with Crippen LogP contribution in [0.1, 0.15) is 27.8 Å². The number of nitrogens with one attached hydrogen (secondary N) is 1. The number of hydrogen-bond acceptors (Lipinski definition) is 4. The molecule has 0 unspecified atom stereocenters. The van der Waals surface area contributed by atoms with Crippen LogP contribution in [-0.2, 0) is 17.8 Å². The lowest BCUT2D eigenvalue weighted by atomic mass is 10.0. The van der Waals surface area contributed by atoms with Gasteiger partial charge in [0, 0.05) is 10.6 Å². The average molecular weight is 563 g/mol. The Bertz CT molecular complexity index is 1150. The van der Waals surface area contributed by atoms with Crippen molar-refractivity contribution in [1.82, 2.24) is 5.43 Å². The van der Waals surface area contributed by atoms with E-state index in [4.69, 9.17) is 21.1 Å². The SMILES string of the molecule is COc1cc(/C=N/NC(=O)Cc2ccc(C)c(C)c2)cc(I)c1OCc1ccccc1Cl. The molecule has 3 rings (SSSR count). The van der Waals surface area contributed by atoms with E-state index in [1.54, 1.807) is 13.3 Å². The van der Waals surface area contributed by atoms with Crippen molar-refractivity contribution in [3.63, 3.8) is 0 Å². The van der Waals surface area contributed by atoms with Crippen molar-refractivity contribution < 1.29 is 14.3 Å². The molecule has 0 atom stereocenters. The predicted molar refractivity (Wildman–Crippen MR) is 137 cm³/mol. The Balaban J connectivity index is 1.64. The van der Waals surface area contributed by atoms with Gasteiger partial charge in [-0.25, -0.2) is 5.43 Å². The number of benzene rings is 3. The molecule has 0 aliphatic rings. The van der Waals surface area contributed by atoms with Gasteiger partial charge in [-0.3, -0.25) is 4.79 Å². The highest BCUT2D eigenvalue weighted by atomic mass is 127. The van der Waals surface area contributed by atoms with Gasteiger partial charge in [-0.15, -0.1) is 0 Å². The van der Waals surface area contributed by atoms with Gasteiger partial charge in [0.2, 0.25) is 5.91 Å². The van der Waals surface area contributed by atoms with Crippen LogP contribution in [0.3, 0.4) is 0 Å². The molecule has 1 amide bonds. The zero-order valence-corrected chi connectivity index (χ0v) is 21.0. The summed E-state index contributed by atoms with van der Waals surface area (Å²) in [4.78, 5) is 12.2. The third-order valence-corrected chi connectivity index (χ3v) is 6.09. The minimum absolute atomic E-state index is 0.175. The third kappa shape index (κ3) is 6.46. The van der Waals surface area contributed by atoms with E-state index in [9.17, 15) is 4.79 Å². The molecule has 3 aromatic carbocycles. The number of halogens is 2. The van der Waals surface area contributed by atoms with Crippen LogP contribution < -0.4 is 14.9 Å². The molecule has 0 bridgehead atoms. The van der Waals surface area contributed by atoms with Crippen LogP contribution in [0.25, 0.3) is 0 Å². The van der Waals surface area contributed by atoms with Crippen molar-refractivity contribution in [3.8, 4) is 11.5 Å². The second-order valence-corrected chi connectivity index (χ2v) is 8.87. The van der Waals surface area contributed by atoms with Gasteiger partial charge in [-0.05, 0) is 76.9 Å². The number of aryl methyl sites for hydroxylation is 2. The molecular formula is C25H24ClIN2O3. The Hall–Kier alpha value is -2.58. The monoisotopic (exact) mass is 562 g/mol. The Kier molecular flexibility index (Phi) is 8.53. The van der Waals surface area contributed by atoms with Crippen molar-refractivity contribution >= 4 is 46.3 Å². The molecule has 0 heterocycles. The van der Waals surface area contributed by atoms with Crippen LogP contribution in [0.2, 0.25) is 5.02 Å². The number of amides is 1. The minimum Gasteiger partial charge on any atom is -0.493 e. The number of ether oxygens (including phenoxy) is 2. The van der Waals surface area contributed by atoms with Crippen LogP contribution in [-0.4, -0.2) is 19.2 Å². The van der Waals surface area contributed by atoms with Crippen molar-refractivity contribution in [2.24, 2.45) is 5.10 Å². The largest absolute Gasteiger partial charge is 0.493 e. The molecule has 1 N–H and O–H groups in total. The van der Waals surface area contributed by atoms with E-state index in [1.807, 2.05) is 68.4 Å². The van der Waals surface area contributed by atoms with Gasteiger partial charge in [0.25, 0.3) is 0 Å². The van der Waals surface area contributed by atoms with Crippen LogP contribution in [0.4, 0.5) is 0 Å². The number of carbonyl (C=O) groups is 1. The van der Waals surface area contributed by atoms with Crippen LogP contribution >= 0.6 is 34.2 Å². The summed E-state index contributed by atoms with van der Waals surface area (Å²) in [5.41, 5.74) is 7.58. The van der Waals surface area contributed by atoms with Gasteiger partial charge in [0.15, 0.2) is 11.5 Å². The fraction of sp³-hybridized carbons (Fsp3) is 0.200. The molecule has 3 aromatic rings. The predicted octanol–water partition coefficient (Wildman–Crippen LogP) is 5.84. The molecule has 0 saturated heterocycles. The molecule has 0 spiro atoms. The zero-order chi connectivity index (χ0) is 23.1. The number of hydrazone groups is 1. The Morgan fingerprint density at radius 2 is 1.91 bits per heavy atom. The molecular weight excluding hydrogens is 539 g/mol. The van der Waals surface area contributed by atoms with Gasteiger partial charge < -0.3 is 9.47 Å². The first kappa shape index (κ1) is 24.1. The van der Waals surface area contributed by atoms with Crippen LogP contribution in [0.5, 0.6) is 11.5 Å². The maximum Gasteiger partial charge on any atom is 0.244 e. The number of nitrogens with zero attached hydrogens (tertiary/aromatic N) is 1. The standard InChI is InChI=1S/C25H24ClIN2O3/c1-16-8-9-18(10-17(16)2)13-24(30)29-28-14-19-11-22(27)25(23(12-19)31-3)32-15-20-6-4-5-7-21(20)26/h4-12,14H,13,15H2,1-3H3,(H,29,30)/b28-14+. The highest BCUT2D eigenvalue weighted by Gasteiger charge is 2.12. The average Bonchev–Trinajstić information content (AvgIpc) is 2.76. The van der Waals surface area contributed by atoms with Crippen molar-refractivity contribution in [2.75, 3.05) is 7.11 Å². The summed E-state index contributed by atoms with van der Waals surface area (Å²) in [6.07, 6.45) is 1.86. The van der Waals surface area contributed by atoms with Gasteiger partial charge in [-0.1, -0.05) is 48.0 Å². The van der Waals surface area contributed by atoms with Gasteiger partial charge >= 0.3 is 0 Å². The molecule has 0 saturated carbocycles. The summed E-state index contributed by atoms with van der Waals surface area (Å²) in [5, 5.41) is 4.74. The quantitative estimate of drug-likeness (QED) is 0.213. The van der Waals surface area contributed by atoms with Gasteiger partial charge in [0.1, 0.15) is 6.61 Å². The van der Waals surface area contributed by atoms with Crippen molar-refractivity contribution in [1.29, 1.82) is 0 Å². The maximum absolute atomic E-state index is 12.2. The van der Waals surface area contributed by atoms with Crippen LogP contribution in [0, 0.1) is 17.4 Å². The van der Waals surface area contributed by atoms with E-state index in [-0.39, 0.29) is 12.3 Å². The first-order valence-corrected chi connectivity index (χ1v) is 11.4. The lowest BCUT2D eigenvalue weighted by Gasteiger charge is -2.14. The smallest absolute Gasteiger partial charge is 0.244 e. The third-order valence-electron chi connectivity index (χ3n) is 4.92. The molecule has 7 heteroatoms. The second kappa shape index (κ2) is 11.3. The summed E-state index contributed by atoms with van der Waals surface area (Å²) < 4.78 is 12.3. The highest BCUT2D eigenvalue weighted by Crippen LogP contribution is 2.34. The van der Waals surface area contributed by atoms with Crippen molar-refractivity contribution in [2.45, 2.75) is 26.9 Å². The minimum atomic E-state index is -0.175. The van der Waals surface area contributed by atoms with E-state index < -0.39 is 0 Å². The normalized spacial score (nSPS) is 10.9. The Morgan fingerprint density at radius 3 is 2.62 bits per heavy atom. The molecule has 0 fully saturated rings. The lowest BCUT2D eigenvalue weighted by Crippen LogP contribution is -2.19. The summed E-state index contributed by atoms with van der Waals surface area (Å²) in [7, 11) is 1.58. The van der Waals surface area contributed by atoms with Gasteiger partial charge in [0.05, 0.1) is 23.3 Å². The first-order chi connectivity index (χ1) is 15.4. The topological polar surface area (TPSA) is 59.9 Å². The highest BCUT2D eigenvalue weighted by molar-refractivity contribution is 14.1. The molecule has 0 aromatic heterocycles.